The highest BCUT2D eigenvalue weighted by Crippen LogP contribution is 2.36. The van der Waals surface area contributed by atoms with Crippen molar-refractivity contribution in [3.63, 3.8) is 0 Å². The number of sulfonamides is 2. The first-order valence-electron chi connectivity index (χ1n) is 9.31. The molecule has 2 aliphatic heterocycles. The molecule has 13 heteroatoms. The molecule has 0 saturated carbocycles. The van der Waals surface area contributed by atoms with Crippen LogP contribution in [0.1, 0.15) is 20.3 Å². The van der Waals surface area contributed by atoms with Crippen LogP contribution in [0.5, 0.6) is 5.75 Å². The molecule has 0 N–H and O–H groups in total. The number of anilines is 1. The maximum Gasteiger partial charge on any atom is 0.247 e. The van der Waals surface area contributed by atoms with Crippen molar-refractivity contribution >= 4 is 41.5 Å². The summed E-state index contributed by atoms with van der Waals surface area (Å²) < 4.78 is 82.2. The van der Waals surface area contributed by atoms with Crippen LogP contribution in [0.25, 0.3) is 0 Å². The lowest BCUT2D eigenvalue weighted by Gasteiger charge is -2.27. The van der Waals surface area contributed by atoms with E-state index in [1.54, 1.807) is 6.92 Å². The third kappa shape index (κ3) is 3.95. The van der Waals surface area contributed by atoms with Gasteiger partial charge in [0.1, 0.15) is 10.6 Å². The van der Waals surface area contributed by atoms with Crippen LogP contribution in [0, 0.1) is 5.92 Å². The summed E-state index contributed by atoms with van der Waals surface area (Å²) in [6.45, 7) is 3.10. The number of carbonyl (C=O) groups excluding carboxylic acids is 1. The number of amides is 1. The van der Waals surface area contributed by atoms with Gasteiger partial charge >= 0.3 is 0 Å². The number of carbonyl (C=O) groups is 1. The highest BCUT2D eigenvalue weighted by Gasteiger charge is 2.43. The molecular formula is C17H24N2O8S3. The monoisotopic (exact) mass is 480 g/mol. The van der Waals surface area contributed by atoms with Crippen molar-refractivity contribution in [3.8, 4) is 5.75 Å². The van der Waals surface area contributed by atoms with Gasteiger partial charge in [-0.05, 0) is 24.6 Å². The van der Waals surface area contributed by atoms with Crippen LogP contribution in [0.3, 0.4) is 0 Å². The molecule has 0 unspecified atom stereocenters. The SMILES string of the molecule is CCN([C@H]1CCS(=O)(=O)C1)S(=O)(=O)c1cc(N2C(=O)[C@H](C)CS2(=O)=O)ccc1OC. The lowest BCUT2D eigenvalue weighted by molar-refractivity contribution is -0.119. The molecule has 2 atom stereocenters. The predicted molar refractivity (Wildman–Crippen MR) is 110 cm³/mol. The molecule has 10 nitrogen and oxygen atoms in total. The summed E-state index contributed by atoms with van der Waals surface area (Å²) >= 11 is 0. The zero-order chi connectivity index (χ0) is 22.5. The van der Waals surface area contributed by atoms with Gasteiger partial charge in [-0.15, -0.1) is 0 Å². The van der Waals surface area contributed by atoms with E-state index in [-0.39, 0.29) is 46.6 Å². The fourth-order valence-electron chi connectivity index (χ4n) is 3.83. The molecule has 2 heterocycles. The quantitative estimate of drug-likeness (QED) is 0.564. The van der Waals surface area contributed by atoms with Crippen molar-refractivity contribution in [2.45, 2.75) is 31.2 Å². The number of ether oxygens (including phenoxy) is 1. The molecule has 0 aliphatic carbocycles. The highest BCUT2D eigenvalue weighted by molar-refractivity contribution is 7.94. The summed E-state index contributed by atoms with van der Waals surface area (Å²) in [5.41, 5.74) is -0.0983. The lowest BCUT2D eigenvalue weighted by atomic mass is 10.2. The number of hydrogen-bond acceptors (Lipinski definition) is 8. The van der Waals surface area contributed by atoms with Gasteiger partial charge in [0.2, 0.25) is 26.0 Å². The normalized spacial score (nSPS) is 25.7. The number of nitrogens with zero attached hydrogens (tertiary/aromatic N) is 2. The van der Waals surface area contributed by atoms with E-state index in [2.05, 4.69) is 0 Å². The number of rotatable bonds is 6. The molecule has 0 radical (unpaired) electrons. The first-order chi connectivity index (χ1) is 13.8. The first-order valence-corrected chi connectivity index (χ1v) is 14.2. The van der Waals surface area contributed by atoms with Crippen molar-refractivity contribution in [2.24, 2.45) is 5.92 Å². The molecule has 0 bridgehead atoms. The summed E-state index contributed by atoms with van der Waals surface area (Å²) in [6, 6.07) is 2.96. The maximum absolute atomic E-state index is 13.4. The van der Waals surface area contributed by atoms with E-state index in [0.717, 1.165) is 10.4 Å². The van der Waals surface area contributed by atoms with E-state index in [0.29, 0.717) is 4.31 Å². The van der Waals surface area contributed by atoms with E-state index in [4.69, 9.17) is 4.74 Å². The summed E-state index contributed by atoms with van der Waals surface area (Å²) in [7, 11) is -10.2. The minimum Gasteiger partial charge on any atom is -0.495 e. The summed E-state index contributed by atoms with van der Waals surface area (Å²) in [6.07, 6.45) is 0.175. The minimum absolute atomic E-state index is 0.0217. The van der Waals surface area contributed by atoms with Crippen LogP contribution in [0.2, 0.25) is 0 Å². The topological polar surface area (TPSA) is 135 Å². The van der Waals surface area contributed by atoms with Crippen molar-refractivity contribution in [2.75, 3.05) is 35.2 Å². The second-order valence-corrected chi connectivity index (χ2v) is 13.3. The Morgan fingerprint density at radius 2 is 1.87 bits per heavy atom. The average molecular weight is 481 g/mol. The van der Waals surface area contributed by atoms with E-state index in [9.17, 15) is 30.0 Å². The minimum atomic E-state index is -4.24. The number of sulfone groups is 1. The second kappa shape index (κ2) is 7.77. The average Bonchev–Trinajstić information content (AvgIpc) is 3.10. The van der Waals surface area contributed by atoms with Crippen molar-refractivity contribution in [1.29, 1.82) is 0 Å². The standard InChI is InChI=1S/C17H24N2O8S3/c1-4-18(14-7-8-28(21,22)11-14)30(25,26)16-9-13(5-6-15(16)27-3)19-17(20)12(2)10-29(19,23)24/h5-6,9,12,14H,4,7-8,10-11H2,1-3H3/t12-,14+/m1/s1. The Balaban J connectivity index is 2.10. The lowest BCUT2D eigenvalue weighted by Crippen LogP contribution is -2.41. The third-order valence-electron chi connectivity index (χ3n) is 5.26. The Morgan fingerprint density at radius 3 is 2.33 bits per heavy atom. The van der Waals surface area contributed by atoms with Gasteiger partial charge in [0, 0.05) is 12.6 Å². The molecule has 0 aromatic heterocycles. The van der Waals surface area contributed by atoms with Crippen molar-refractivity contribution in [3.05, 3.63) is 18.2 Å². The van der Waals surface area contributed by atoms with Crippen molar-refractivity contribution in [1.82, 2.24) is 4.31 Å². The zero-order valence-corrected chi connectivity index (χ0v) is 19.3. The molecule has 1 aromatic carbocycles. The Morgan fingerprint density at radius 1 is 1.20 bits per heavy atom. The van der Waals surface area contributed by atoms with Crippen molar-refractivity contribution < 1.29 is 34.8 Å². The Labute approximate surface area is 176 Å². The Bertz CT molecular complexity index is 1180. The zero-order valence-electron chi connectivity index (χ0n) is 16.8. The summed E-state index contributed by atoms with van der Waals surface area (Å²) in [4.78, 5) is 12.1. The van der Waals surface area contributed by atoms with Gasteiger partial charge < -0.3 is 4.74 Å². The molecule has 2 saturated heterocycles. The number of benzene rings is 1. The van der Waals surface area contributed by atoms with Crippen LogP contribution in [0.4, 0.5) is 5.69 Å². The molecule has 1 amide bonds. The highest BCUT2D eigenvalue weighted by atomic mass is 32.2. The van der Waals surface area contributed by atoms with E-state index >= 15 is 0 Å². The number of hydrogen-bond donors (Lipinski definition) is 0. The van der Waals surface area contributed by atoms with E-state index < -0.39 is 47.8 Å². The molecule has 2 aliphatic rings. The smallest absolute Gasteiger partial charge is 0.247 e. The summed E-state index contributed by atoms with van der Waals surface area (Å²) in [5.74, 6) is -2.15. The fraction of sp³-hybridized carbons (Fsp3) is 0.588. The number of methoxy groups -OCH3 is 1. The molecule has 30 heavy (non-hydrogen) atoms. The second-order valence-electron chi connectivity index (χ2n) is 7.38. The molecule has 0 spiro atoms. The van der Waals surface area contributed by atoms with Gasteiger partial charge in [-0.3, -0.25) is 4.79 Å². The molecule has 3 rings (SSSR count). The van der Waals surface area contributed by atoms with Crippen LogP contribution < -0.4 is 9.04 Å². The van der Waals surface area contributed by atoms with Gasteiger partial charge in [0.05, 0.1) is 36.0 Å². The van der Waals surface area contributed by atoms with E-state index in [1.165, 1.54) is 26.2 Å². The fourth-order valence-corrected chi connectivity index (χ4v) is 9.31. The maximum atomic E-state index is 13.4. The predicted octanol–water partition coefficient (Wildman–Crippen LogP) is 0.205. The third-order valence-corrected chi connectivity index (χ3v) is 10.9. The van der Waals surface area contributed by atoms with Gasteiger partial charge in [0.15, 0.2) is 9.84 Å². The van der Waals surface area contributed by atoms with Gasteiger partial charge in [-0.25, -0.2) is 29.6 Å². The van der Waals surface area contributed by atoms with Gasteiger partial charge in [-0.2, -0.15) is 4.31 Å². The Hall–Kier alpha value is -1.70. The molecule has 1 aromatic rings. The largest absolute Gasteiger partial charge is 0.495 e. The van der Waals surface area contributed by atoms with Gasteiger partial charge in [0.25, 0.3) is 0 Å². The Kier molecular flexibility index (Phi) is 5.95. The van der Waals surface area contributed by atoms with Crippen LogP contribution in [0.15, 0.2) is 23.1 Å². The molecule has 168 valence electrons. The van der Waals surface area contributed by atoms with E-state index in [1.807, 2.05) is 0 Å². The first kappa shape index (κ1) is 23.0. The summed E-state index contributed by atoms with van der Waals surface area (Å²) in [5, 5.41) is 0. The molecule has 2 fully saturated rings. The van der Waals surface area contributed by atoms with Gasteiger partial charge in [-0.1, -0.05) is 13.8 Å². The van der Waals surface area contributed by atoms with Crippen LogP contribution in [-0.2, 0) is 34.7 Å². The van der Waals surface area contributed by atoms with Crippen LogP contribution >= 0.6 is 0 Å². The molecular weight excluding hydrogens is 456 g/mol. The van der Waals surface area contributed by atoms with Crippen LogP contribution in [-0.4, -0.2) is 72.4 Å².